The van der Waals surface area contributed by atoms with Gasteiger partial charge in [0.15, 0.2) is 5.82 Å². The molecule has 0 aliphatic carbocycles. The summed E-state index contributed by atoms with van der Waals surface area (Å²) in [6.45, 7) is 0. The van der Waals surface area contributed by atoms with Crippen molar-refractivity contribution in [3.8, 4) is 22.9 Å². The number of benzene rings is 1. The van der Waals surface area contributed by atoms with Crippen molar-refractivity contribution in [2.24, 2.45) is 5.84 Å². The second-order valence-electron chi connectivity index (χ2n) is 3.48. The van der Waals surface area contributed by atoms with Crippen LogP contribution in [0.5, 0.6) is 11.5 Å². The predicted octanol–water partition coefficient (Wildman–Crippen LogP) is 1.45. The molecule has 0 bridgehead atoms. The third kappa shape index (κ3) is 2.33. The number of aromatic nitrogens is 2. The fourth-order valence-corrected chi connectivity index (χ4v) is 1.55. The highest BCUT2D eigenvalue weighted by molar-refractivity contribution is 5.66. The molecule has 0 aliphatic rings. The molecular weight excluding hydrogens is 232 g/mol. The molecule has 1 heterocycles. The highest BCUT2D eigenvalue weighted by Gasteiger charge is 2.10. The van der Waals surface area contributed by atoms with E-state index in [-0.39, 0.29) is 0 Å². The Morgan fingerprint density at radius 2 is 2.00 bits per heavy atom. The molecule has 3 N–H and O–H groups in total. The van der Waals surface area contributed by atoms with E-state index in [4.69, 9.17) is 15.3 Å². The third-order valence-electron chi connectivity index (χ3n) is 2.45. The van der Waals surface area contributed by atoms with Gasteiger partial charge in [0.25, 0.3) is 0 Å². The number of methoxy groups -OCH3 is 2. The molecule has 6 heteroatoms. The van der Waals surface area contributed by atoms with E-state index in [1.54, 1.807) is 32.5 Å². The first-order valence-electron chi connectivity index (χ1n) is 5.30. The van der Waals surface area contributed by atoms with Gasteiger partial charge in [-0.15, -0.1) is 0 Å². The van der Waals surface area contributed by atoms with Crippen LogP contribution in [0, 0.1) is 0 Å². The molecule has 1 aromatic heterocycles. The Morgan fingerprint density at radius 1 is 1.17 bits per heavy atom. The van der Waals surface area contributed by atoms with E-state index in [0.29, 0.717) is 23.1 Å². The molecule has 6 nitrogen and oxygen atoms in total. The van der Waals surface area contributed by atoms with E-state index in [2.05, 4.69) is 15.4 Å². The predicted molar refractivity (Wildman–Crippen MR) is 68.4 cm³/mol. The van der Waals surface area contributed by atoms with E-state index < -0.39 is 0 Å². The number of hydrazine groups is 1. The first-order valence-corrected chi connectivity index (χ1v) is 5.30. The molecule has 0 unspecified atom stereocenters. The van der Waals surface area contributed by atoms with Crippen LogP contribution in [-0.2, 0) is 0 Å². The molecule has 0 fully saturated rings. The molecule has 1 aromatic carbocycles. The van der Waals surface area contributed by atoms with Crippen molar-refractivity contribution in [1.82, 2.24) is 9.97 Å². The molecule has 0 aliphatic heterocycles. The number of nitrogens with zero attached hydrogens (tertiary/aromatic N) is 2. The van der Waals surface area contributed by atoms with E-state index >= 15 is 0 Å². The molecule has 0 spiro atoms. The van der Waals surface area contributed by atoms with Crippen molar-refractivity contribution in [3.63, 3.8) is 0 Å². The molecule has 0 saturated carbocycles. The topological polar surface area (TPSA) is 82.3 Å². The SMILES string of the molecule is COc1ccc(-c2nccc(NN)n2)c(OC)c1. The Morgan fingerprint density at radius 3 is 2.67 bits per heavy atom. The Bertz CT molecular complexity index is 545. The van der Waals surface area contributed by atoms with Gasteiger partial charge < -0.3 is 14.9 Å². The van der Waals surface area contributed by atoms with E-state index in [1.807, 2.05) is 12.1 Å². The lowest BCUT2D eigenvalue weighted by molar-refractivity contribution is 0.395. The molecule has 18 heavy (non-hydrogen) atoms. The maximum absolute atomic E-state index is 5.32. The van der Waals surface area contributed by atoms with Crippen molar-refractivity contribution < 1.29 is 9.47 Å². The van der Waals surface area contributed by atoms with Crippen molar-refractivity contribution in [2.75, 3.05) is 19.6 Å². The average Bonchev–Trinajstić information content (AvgIpc) is 2.46. The quantitative estimate of drug-likeness (QED) is 0.627. The fourth-order valence-electron chi connectivity index (χ4n) is 1.55. The monoisotopic (exact) mass is 246 g/mol. The van der Waals surface area contributed by atoms with Crippen molar-refractivity contribution in [3.05, 3.63) is 30.5 Å². The number of anilines is 1. The van der Waals surface area contributed by atoms with Gasteiger partial charge in [-0.25, -0.2) is 15.8 Å². The van der Waals surface area contributed by atoms with Crippen molar-refractivity contribution in [2.45, 2.75) is 0 Å². The van der Waals surface area contributed by atoms with Crippen LogP contribution >= 0.6 is 0 Å². The van der Waals surface area contributed by atoms with Gasteiger partial charge >= 0.3 is 0 Å². The zero-order valence-corrected chi connectivity index (χ0v) is 10.2. The van der Waals surface area contributed by atoms with Gasteiger partial charge in [-0.1, -0.05) is 0 Å². The average molecular weight is 246 g/mol. The number of nitrogens with two attached hydrogens (primary N) is 1. The summed E-state index contributed by atoms with van der Waals surface area (Å²) >= 11 is 0. The second kappa shape index (κ2) is 5.33. The zero-order valence-electron chi connectivity index (χ0n) is 10.2. The van der Waals surface area contributed by atoms with E-state index in [1.165, 1.54) is 0 Å². The van der Waals surface area contributed by atoms with Crippen LogP contribution in [0.4, 0.5) is 5.82 Å². The summed E-state index contributed by atoms with van der Waals surface area (Å²) in [5.74, 6) is 7.75. The molecule has 0 saturated heterocycles. The van der Waals surface area contributed by atoms with Crippen LogP contribution in [0.3, 0.4) is 0 Å². The maximum atomic E-state index is 5.32. The second-order valence-corrected chi connectivity index (χ2v) is 3.48. The van der Waals surface area contributed by atoms with E-state index in [0.717, 1.165) is 5.56 Å². The van der Waals surface area contributed by atoms with Gasteiger partial charge in [-0.05, 0) is 12.1 Å². The van der Waals surface area contributed by atoms with Crippen LogP contribution in [0.2, 0.25) is 0 Å². The molecule has 0 amide bonds. The summed E-state index contributed by atoms with van der Waals surface area (Å²) in [5.41, 5.74) is 3.25. The molecule has 0 radical (unpaired) electrons. The summed E-state index contributed by atoms with van der Waals surface area (Å²) < 4.78 is 10.4. The number of rotatable bonds is 4. The van der Waals surface area contributed by atoms with Crippen LogP contribution < -0.4 is 20.7 Å². The number of nitrogen functional groups attached to an aromatic ring is 1. The lowest BCUT2D eigenvalue weighted by Crippen LogP contribution is -2.09. The summed E-state index contributed by atoms with van der Waals surface area (Å²) in [5, 5.41) is 0. The summed E-state index contributed by atoms with van der Waals surface area (Å²) in [7, 11) is 3.19. The van der Waals surface area contributed by atoms with Gasteiger partial charge in [-0.2, -0.15) is 0 Å². The summed E-state index contributed by atoms with van der Waals surface area (Å²) in [6.07, 6.45) is 1.63. The Hall–Kier alpha value is -2.34. The van der Waals surface area contributed by atoms with Crippen molar-refractivity contribution in [1.29, 1.82) is 0 Å². The third-order valence-corrected chi connectivity index (χ3v) is 2.45. The standard InChI is InChI=1S/C12H14N4O2/c1-17-8-3-4-9(10(7-8)18-2)12-14-6-5-11(15-12)16-13/h3-7H,13H2,1-2H3,(H,14,15,16). The normalized spacial score (nSPS) is 9.94. The summed E-state index contributed by atoms with van der Waals surface area (Å²) in [6, 6.07) is 7.12. The molecule has 2 aromatic rings. The van der Waals surface area contributed by atoms with Crippen LogP contribution in [0.15, 0.2) is 30.5 Å². The number of hydrogen-bond donors (Lipinski definition) is 2. The number of ether oxygens (including phenoxy) is 2. The molecule has 94 valence electrons. The molecule has 0 atom stereocenters. The first kappa shape index (κ1) is 12.1. The minimum Gasteiger partial charge on any atom is -0.497 e. The lowest BCUT2D eigenvalue weighted by Gasteiger charge is -2.09. The highest BCUT2D eigenvalue weighted by atomic mass is 16.5. The van der Waals surface area contributed by atoms with Crippen molar-refractivity contribution >= 4 is 5.82 Å². The molecule has 2 rings (SSSR count). The first-order chi connectivity index (χ1) is 8.78. The smallest absolute Gasteiger partial charge is 0.165 e. The van der Waals surface area contributed by atoms with Gasteiger partial charge in [0.1, 0.15) is 17.3 Å². The minimum absolute atomic E-state index is 0.532. The van der Waals surface area contributed by atoms with Crippen LogP contribution in [0.1, 0.15) is 0 Å². The highest BCUT2D eigenvalue weighted by Crippen LogP contribution is 2.31. The summed E-state index contributed by atoms with van der Waals surface area (Å²) in [4.78, 5) is 8.45. The molecular formula is C12H14N4O2. The fraction of sp³-hybridized carbons (Fsp3) is 0.167. The zero-order chi connectivity index (χ0) is 13.0. The van der Waals surface area contributed by atoms with Gasteiger partial charge in [0.2, 0.25) is 0 Å². The Balaban J connectivity index is 2.48. The van der Waals surface area contributed by atoms with Gasteiger partial charge in [0.05, 0.1) is 19.8 Å². The number of hydrogen-bond acceptors (Lipinski definition) is 6. The largest absolute Gasteiger partial charge is 0.497 e. The number of nitrogens with one attached hydrogen (secondary N) is 1. The van der Waals surface area contributed by atoms with Gasteiger partial charge in [-0.3, -0.25) is 0 Å². The maximum Gasteiger partial charge on any atom is 0.165 e. The minimum atomic E-state index is 0.532. The Kier molecular flexibility index (Phi) is 3.59. The van der Waals surface area contributed by atoms with Crippen LogP contribution in [0.25, 0.3) is 11.4 Å². The van der Waals surface area contributed by atoms with E-state index in [9.17, 15) is 0 Å². The lowest BCUT2D eigenvalue weighted by atomic mass is 10.1. The van der Waals surface area contributed by atoms with Crippen LogP contribution in [-0.4, -0.2) is 24.2 Å². The van der Waals surface area contributed by atoms with Gasteiger partial charge in [0, 0.05) is 18.3 Å². The Labute approximate surface area is 105 Å².